The average molecular weight is 356 g/mol. The molecule has 0 atom stereocenters. The molecule has 0 saturated carbocycles. The summed E-state index contributed by atoms with van der Waals surface area (Å²) in [5.41, 5.74) is 0.769. The van der Waals surface area contributed by atoms with Gasteiger partial charge in [0, 0.05) is 35.1 Å². The van der Waals surface area contributed by atoms with Crippen molar-refractivity contribution >= 4 is 23.2 Å². The molecular weight excluding hydrogens is 337 g/mol. The van der Waals surface area contributed by atoms with E-state index in [2.05, 4.69) is 15.0 Å². The lowest BCUT2D eigenvalue weighted by molar-refractivity contribution is 0.0371. The van der Waals surface area contributed by atoms with Crippen LogP contribution in [0.2, 0.25) is 10.0 Å². The van der Waals surface area contributed by atoms with Crippen molar-refractivity contribution < 1.29 is 9.26 Å². The van der Waals surface area contributed by atoms with Crippen LogP contribution in [0.4, 0.5) is 0 Å². The summed E-state index contributed by atoms with van der Waals surface area (Å²) in [4.78, 5) is 6.85. The molecule has 3 rings (SSSR count). The monoisotopic (exact) mass is 355 g/mol. The first-order valence-electron chi connectivity index (χ1n) is 7.80. The summed E-state index contributed by atoms with van der Waals surface area (Å²) in [5.74, 6) is 1.18. The van der Waals surface area contributed by atoms with Gasteiger partial charge in [-0.1, -0.05) is 28.4 Å². The lowest BCUT2D eigenvalue weighted by atomic mass is 10.2. The van der Waals surface area contributed by atoms with Crippen LogP contribution >= 0.6 is 23.2 Å². The minimum absolute atomic E-state index is 0.526. The first-order valence-corrected chi connectivity index (χ1v) is 8.55. The number of aryl methyl sites for hydroxylation is 1. The van der Waals surface area contributed by atoms with Crippen molar-refractivity contribution in [2.24, 2.45) is 0 Å². The highest BCUT2D eigenvalue weighted by atomic mass is 35.5. The third-order valence-corrected chi connectivity index (χ3v) is 4.24. The molecule has 2 aromatic rings. The van der Waals surface area contributed by atoms with Gasteiger partial charge in [-0.3, -0.25) is 4.90 Å². The number of halogens is 2. The van der Waals surface area contributed by atoms with Crippen LogP contribution in [0.15, 0.2) is 22.7 Å². The van der Waals surface area contributed by atoms with E-state index in [0.717, 1.165) is 57.7 Å². The van der Waals surface area contributed by atoms with Gasteiger partial charge < -0.3 is 9.26 Å². The van der Waals surface area contributed by atoms with Crippen molar-refractivity contribution in [1.29, 1.82) is 0 Å². The first kappa shape index (κ1) is 16.7. The van der Waals surface area contributed by atoms with Gasteiger partial charge in [0.1, 0.15) is 0 Å². The molecule has 1 saturated heterocycles. The molecule has 0 spiro atoms. The molecule has 0 unspecified atom stereocenters. The van der Waals surface area contributed by atoms with Gasteiger partial charge in [0.15, 0.2) is 0 Å². The van der Waals surface area contributed by atoms with Gasteiger partial charge in [0.2, 0.25) is 11.7 Å². The van der Waals surface area contributed by atoms with Crippen molar-refractivity contribution in [2.75, 3.05) is 32.8 Å². The van der Waals surface area contributed by atoms with Gasteiger partial charge in [0.25, 0.3) is 0 Å². The van der Waals surface area contributed by atoms with Crippen LogP contribution < -0.4 is 0 Å². The Morgan fingerprint density at radius 3 is 2.52 bits per heavy atom. The number of aromatic nitrogens is 2. The van der Waals surface area contributed by atoms with Gasteiger partial charge >= 0.3 is 0 Å². The highest BCUT2D eigenvalue weighted by Crippen LogP contribution is 2.25. The van der Waals surface area contributed by atoms with Crippen LogP contribution in [-0.2, 0) is 11.2 Å². The van der Waals surface area contributed by atoms with Crippen LogP contribution in [0.25, 0.3) is 11.4 Å². The molecule has 124 valence electrons. The number of morpholine rings is 1. The van der Waals surface area contributed by atoms with Crippen LogP contribution in [0.5, 0.6) is 0 Å². The summed E-state index contributed by atoms with van der Waals surface area (Å²) in [7, 11) is 0. The van der Waals surface area contributed by atoms with Crippen molar-refractivity contribution in [1.82, 2.24) is 15.0 Å². The van der Waals surface area contributed by atoms with Crippen LogP contribution in [0, 0.1) is 0 Å². The summed E-state index contributed by atoms with van der Waals surface area (Å²) < 4.78 is 10.7. The zero-order valence-electron chi connectivity index (χ0n) is 12.8. The predicted octanol–water partition coefficient (Wildman–Crippen LogP) is 3.70. The van der Waals surface area contributed by atoms with E-state index >= 15 is 0 Å². The largest absolute Gasteiger partial charge is 0.379 e. The first-order chi connectivity index (χ1) is 11.2. The molecule has 1 aromatic carbocycles. The van der Waals surface area contributed by atoms with E-state index in [1.165, 1.54) is 0 Å². The maximum absolute atomic E-state index is 6.00. The van der Waals surface area contributed by atoms with Crippen molar-refractivity contribution in [2.45, 2.75) is 19.3 Å². The molecule has 1 aliphatic heterocycles. The third-order valence-electron chi connectivity index (χ3n) is 3.81. The molecule has 2 heterocycles. The molecule has 1 fully saturated rings. The smallest absolute Gasteiger partial charge is 0.226 e. The van der Waals surface area contributed by atoms with Gasteiger partial charge in [-0.25, -0.2) is 0 Å². The fourth-order valence-electron chi connectivity index (χ4n) is 2.59. The Kier molecular flexibility index (Phi) is 5.89. The Morgan fingerprint density at radius 2 is 1.78 bits per heavy atom. The fraction of sp³-hybridized carbons (Fsp3) is 0.500. The summed E-state index contributed by atoms with van der Waals surface area (Å²) in [5, 5.41) is 5.13. The number of ether oxygens (including phenoxy) is 1. The molecule has 23 heavy (non-hydrogen) atoms. The zero-order valence-corrected chi connectivity index (χ0v) is 14.3. The Morgan fingerprint density at radius 1 is 1.04 bits per heavy atom. The molecular formula is C16H19Cl2N3O2. The van der Waals surface area contributed by atoms with Crippen molar-refractivity contribution in [3.8, 4) is 11.4 Å². The van der Waals surface area contributed by atoms with Crippen LogP contribution in [0.3, 0.4) is 0 Å². The Balaban J connectivity index is 1.49. The number of unbranched alkanes of at least 4 members (excludes halogenated alkanes) is 1. The second-order valence-electron chi connectivity index (χ2n) is 5.58. The van der Waals surface area contributed by atoms with E-state index in [1.54, 1.807) is 18.2 Å². The Labute approximate surface area is 145 Å². The van der Waals surface area contributed by atoms with Gasteiger partial charge in [-0.15, -0.1) is 0 Å². The number of nitrogens with zero attached hydrogens (tertiary/aromatic N) is 3. The molecule has 5 nitrogen and oxygen atoms in total. The standard InChI is InChI=1S/C16H19Cl2N3O2/c17-13-9-12(10-14(18)11-13)16-19-15(23-20-16)3-1-2-4-21-5-7-22-8-6-21/h9-11H,1-8H2. The molecule has 0 N–H and O–H groups in total. The molecule has 0 aliphatic carbocycles. The summed E-state index contributed by atoms with van der Waals surface area (Å²) in [6, 6.07) is 5.24. The van der Waals surface area contributed by atoms with E-state index in [-0.39, 0.29) is 0 Å². The normalized spacial score (nSPS) is 15.9. The molecule has 0 bridgehead atoms. The highest BCUT2D eigenvalue weighted by Gasteiger charge is 2.12. The number of benzene rings is 1. The Bertz CT molecular complexity index is 622. The minimum Gasteiger partial charge on any atom is -0.379 e. The third kappa shape index (κ3) is 4.91. The lowest BCUT2D eigenvalue weighted by Gasteiger charge is -2.26. The predicted molar refractivity (Wildman–Crippen MR) is 90.0 cm³/mol. The van der Waals surface area contributed by atoms with Gasteiger partial charge in [-0.2, -0.15) is 4.98 Å². The molecule has 7 heteroatoms. The number of hydrogen-bond acceptors (Lipinski definition) is 5. The van der Waals surface area contributed by atoms with E-state index in [4.69, 9.17) is 32.5 Å². The van der Waals surface area contributed by atoms with E-state index in [9.17, 15) is 0 Å². The van der Waals surface area contributed by atoms with Crippen LogP contribution in [0.1, 0.15) is 18.7 Å². The number of rotatable bonds is 6. The van der Waals surface area contributed by atoms with E-state index < -0.39 is 0 Å². The molecule has 0 radical (unpaired) electrons. The summed E-state index contributed by atoms with van der Waals surface area (Å²) >= 11 is 12.0. The van der Waals surface area contributed by atoms with E-state index in [1.807, 2.05) is 0 Å². The SMILES string of the molecule is Clc1cc(Cl)cc(-c2noc(CCCCN3CCOCC3)n2)c1. The molecule has 1 aliphatic rings. The fourth-order valence-corrected chi connectivity index (χ4v) is 3.12. The Hall–Kier alpha value is -1.14. The van der Waals surface area contributed by atoms with Gasteiger partial charge in [-0.05, 0) is 37.6 Å². The minimum atomic E-state index is 0.526. The second kappa shape index (κ2) is 8.11. The quantitative estimate of drug-likeness (QED) is 0.739. The molecule has 0 amide bonds. The average Bonchev–Trinajstić information content (AvgIpc) is 3.01. The lowest BCUT2D eigenvalue weighted by Crippen LogP contribution is -2.36. The van der Waals surface area contributed by atoms with Crippen molar-refractivity contribution in [3.63, 3.8) is 0 Å². The molecule has 1 aromatic heterocycles. The maximum atomic E-state index is 6.00. The van der Waals surface area contributed by atoms with Crippen LogP contribution in [-0.4, -0.2) is 47.9 Å². The maximum Gasteiger partial charge on any atom is 0.226 e. The van der Waals surface area contributed by atoms with Crippen molar-refractivity contribution in [3.05, 3.63) is 34.1 Å². The summed E-state index contributed by atoms with van der Waals surface area (Å²) in [6.07, 6.45) is 2.92. The zero-order chi connectivity index (χ0) is 16.1. The summed E-state index contributed by atoms with van der Waals surface area (Å²) in [6.45, 7) is 4.83. The topological polar surface area (TPSA) is 51.4 Å². The second-order valence-corrected chi connectivity index (χ2v) is 6.45. The van der Waals surface area contributed by atoms with E-state index in [0.29, 0.717) is 21.8 Å². The van der Waals surface area contributed by atoms with Gasteiger partial charge in [0.05, 0.1) is 13.2 Å². The number of hydrogen-bond donors (Lipinski definition) is 0. The highest BCUT2D eigenvalue weighted by molar-refractivity contribution is 6.35.